The average Bonchev–Trinajstić information content (AvgIpc) is 3.84. The zero-order valence-corrected chi connectivity index (χ0v) is 33.3. The molecule has 12 rings (SSSR count). The van der Waals surface area contributed by atoms with Crippen molar-refractivity contribution in [3.63, 3.8) is 0 Å². The minimum atomic E-state index is -0.205. The van der Waals surface area contributed by atoms with E-state index >= 15 is 0 Å². The number of fused-ring (bicyclic) bond motifs is 11. The maximum Gasteiger partial charge on any atom is 0.0555 e. The van der Waals surface area contributed by atoms with E-state index < -0.39 is 0 Å². The predicted octanol–water partition coefficient (Wildman–Crippen LogP) is 15.2. The molecule has 10 aromatic rings. The first kappa shape index (κ1) is 32.8. The molecule has 0 spiro atoms. The molecular weight excluding hydrogens is 709 g/mol. The van der Waals surface area contributed by atoms with Gasteiger partial charge in [0, 0.05) is 53.1 Å². The molecule has 0 unspecified atom stereocenters. The van der Waals surface area contributed by atoms with Gasteiger partial charge in [0.15, 0.2) is 0 Å². The molecule has 1 aliphatic heterocycles. The Morgan fingerprint density at radius 3 is 1.93 bits per heavy atom. The molecule has 8 aromatic carbocycles. The highest BCUT2D eigenvalue weighted by Gasteiger charge is 2.39. The number of aromatic nitrogens is 1. The summed E-state index contributed by atoms with van der Waals surface area (Å²) in [4.78, 5) is 2.51. The van der Waals surface area contributed by atoms with Gasteiger partial charge in [0.1, 0.15) is 0 Å². The maximum atomic E-state index is 2.51. The summed E-state index contributed by atoms with van der Waals surface area (Å²) in [6.07, 6.45) is 0. The highest BCUT2D eigenvalue weighted by atomic mass is 32.1. The first-order chi connectivity index (χ1) is 27.8. The van der Waals surface area contributed by atoms with Crippen molar-refractivity contribution in [2.45, 2.75) is 38.5 Å². The third-order valence-corrected chi connectivity index (χ3v) is 14.3. The standard InChI is InChI=1S/C54H40N2S/c1-53(2)43-18-10-8-16-37(43)38-25-24-36(30-45(38)53)56-48-20-12-11-19-44(48)54(3,4)46-29-34(23-27-49(46)56)33-22-26-47-40(28-33)41-31-42-39-17-9-13-21-51(39)57-52(42)32-50(41)55(47)35-14-6-5-7-15-35/h5-32H,1-4H3. The second-order valence-electron chi connectivity index (χ2n) is 17.0. The van der Waals surface area contributed by atoms with E-state index in [9.17, 15) is 0 Å². The van der Waals surface area contributed by atoms with Gasteiger partial charge in [0.2, 0.25) is 0 Å². The van der Waals surface area contributed by atoms with Crippen LogP contribution in [-0.4, -0.2) is 4.57 Å². The van der Waals surface area contributed by atoms with Crippen LogP contribution in [0.5, 0.6) is 0 Å². The largest absolute Gasteiger partial charge is 0.310 e. The van der Waals surface area contributed by atoms with Crippen molar-refractivity contribution in [3.8, 4) is 27.9 Å². The molecule has 2 aliphatic rings. The molecule has 0 saturated carbocycles. The molecule has 0 fully saturated rings. The normalized spacial score (nSPS) is 14.9. The Bertz CT molecular complexity index is 3300. The molecule has 0 atom stereocenters. The number of hydrogen-bond acceptors (Lipinski definition) is 2. The minimum absolute atomic E-state index is 0.0756. The highest BCUT2D eigenvalue weighted by molar-refractivity contribution is 7.25. The first-order valence-electron chi connectivity index (χ1n) is 20.0. The van der Waals surface area contributed by atoms with E-state index in [2.05, 4.69) is 207 Å². The first-order valence-corrected chi connectivity index (χ1v) is 20.8. The molecule has 2 aromatic heterocycles. The number of nitrogens with zero attached hydrogens (tertiary/aromatic N) is 2. The van der Waals surface area contributed by atoms with Gasteiger partial charge in [-0.05, 0) is 117 Å². The molecule has 0 radical (unpaired) electrons. The summed E-state index contributed by atoms with van der Waals surface area (Å²) < 4.78 is 5.10. The Kier molecular flexibility index (Phi) is 6.65. The monoisotopic (exact) mass is 748 g/mol. The summed E-state index contributed by atoms with van der Waals surface area (Å²) in [6, 6.07) is 63.8. The Labute approximate surface area is 336 Å². The van der Waals surface area contributed by atoms with Crippen LogP contribution in [0.4, 0.5) is 17.1 Å². The van der Waals surface area contributed by atoms with Crippen LogP contribution in [0.15, 0.2) is 170 Å². The number of benzene rings is 8. The smallest absolute Gasteiger partial charge is 0.0555 e. The third kappa shape index (κ3) is 4.52. The Morgan fingerprint density at radius 1 is 0.386 bits per heavy atom. The molecular formula is C54H40N2S. The van der Waals surface area contributed by atoms with Gasteiger partial charge >= 0.3 is 0 Å². The van der Waals surface area contributed by atoms with Gasteiger partial charge < -0.3 is 9.47 Å². The fourth-order valence-corrected chi connectivity index (χ4v) is 11.4. The molecule has 3 heteroatoms. The van der Waals surface area contributed by atoms with Gasteiger partial charge in [-0.15, -0.1) is 11.3 Å². The van der Waals surface area contributed by atoms with Crippen LogP contribution < -0.4 is 4.90 Å². The van der Waals surface area contributed by atoms with Crippen LogP contribution in [0.1, 0.15) is 49.9 Å². The Morgan fingerprint density at radius 2 is 1.05 bits per heavy atom. The number of para-hydroxylation sites is 2. The quantitative estimate of drug-likeness (QED) is 0.175. The fourth-order valence-electron chi connectivity index (χ4n) is 10.3. The Hall–Kier alpha value is -6.42. The Balaban J connectivity index is 1.05. The van der Waals surface area contributed by atoms with Crippen molar-refractivity contribution < 1.29 is 0 Å². The van der Waals surface area contributed by atoms with Crippen molar-refractivity contribution in [3.05, 3.63) is 192 Å². The summed E-state index contributed by atoms with van der Waals surface area (Å²) >= 11 is 1.88. The second kappa shape index (κ2) is 11.6. The zero-order chi connectivity index (χ0) is 38.2. The van der Waals surface area contributed by atoms with Gasteiger partial charge in [0.05, 0.1) is 22.4 Å². The highest BCUT2D eigenvalue weighted by Crippen LogP contribution is 2.55. The van der Waals surface area contributed by atoms with E-state index in [0.29, 0.717) is 0 Å². The predicted molar refractivity (Wildman–Crippen MR) is 243 cm³/mol. The summed E-state index contributed by atoms with van der Waals surface area (Å²) in [5.74, 6) is 0. The molecule has 2 nitrogen and oxygen atoms in total. The van der Waals surface area contributed by atoms with E-state index in [1.54, 1.807) is 0 Å². The third-order valence-electron chi connectivity index (χ3n) is 13.2. The molecule has 3 heterocycles. The number of anilines is 3. The second-order valence-corrected chi connectivity index (χ2v) is 18.1. The van der Waals surface area contributed by atoms with Crippen molar-refractivity contribution in [1.82, 2.24) is 4.57 Å². The van der Waals surface area contributed by atoms with E-state index in [0.717, 1.165) is 0 Å². The SMILES string of the molecule is CC1(C)c2ccccc2-c2ccc(N3c4ccccc4C(C)(C)c4cc(-c5ccc6c(c5)c5cc7c(cc5n6-c5ccccc5)sc5ccccc57)ccc43)cc21. The molecule has 57 heavy (non-hydrogen) atoms. The number of thiophene rings is 1. The lowest BCUT2D eigenvalue weighted by molar-refractivity contribution is 0.632. The molecule has 0 amide bonds. The molecule has 0 N–H and O–H groups in total. The van der Waals surface area contributed by atoms with Gasteiger partial charge in [-0.2, -0.15) is 0 Å². The number of hydrogen-bond donors (Lipinski definition) is 0. The van der Waals surface area contributed by atoms with Crippen LogP contribution in [0.25, 0.3) is 69.9 Å². The van der Waals surface area contributed by atoms with Gasteiger partial charge in [-0.25, -0.2) is 0 Å². The molecule has 1 aliphatic carbocycles. The van der Waals surface area contributed by atoms with Gasteiger partial charge in [0.25, 0.3) is 0 Å². The molecule has 272 valence electrons. The van der Waals surface area contributed by atoms with E-state index in [4.69, 9.17) is 0 Å². The summed E-state index contributed by atoms with van der Waals surface area (Å²) in [5, 5.41) is 5.21. The summed E-state index contributed by atoms with van der Waals surface area (Å²) in [7, 11) is 0. The van der Waals surface area contributed by atoms with Crippen molar-refractivity contribution >= 4 is 70.4 Å². The van der Waals surface area contributed by atoms with E-state index in [-0.39, 0.29) is 10.8 Å². The lowest BCUT2D eigenvalue weighted by Crippen LogP contribution is -2.30. The van der Waals surface area contributed by atoms with Crippen LogP contribution in [0, 0.1) is 0 Å². The van der Waals surface area contributed by atoms with Crippen LogP contribution in [0.3, 0.4) is 0 Å². The van der Waals surface area contributed by atoms with Crippen molar-refractivity contribution in [1.29, 1.82) is 0 Å². The maximum absolute atomic E-state index is 2.51. The number of rotatable bonds is 3. The van der Waals surface area contributed by atoms with E-state index in [1.807, 2.05) is 11.3 Å². The lowest BCUT2D eigenvalue weighted by Gasteiger charge is -2.42. The van der Waals surface area contributed by atoms with Crippen LogP contribution in [0.2, 0.25) is 0 Å². The average molecular weight is 749 g/mol. The molecule has 0 bridgehead atoms. The minimum Gasteiger partial charge on any atom is -0.310 e. The topological polar surface area (TPSA) is 8.17 Å². The van der Waals surface area contributed by atoms with E-state index in [1.165, 1.54) is 109 Å². The molecule has 0 saturated heterocycles. The zero-order valence-electron chi connectivity index (χ0n) is 32.5. The fraction of sp³-hybridized carbons (Fsp3) is 0.111. The summed E-state index contributed by atoms with van der Waals surface area (Å²) in [6.45, 7) is 9.52. The van der Waals surface area contributed by atoms with Crippen LogP contribution in [-0.2, 0) is 10.8 Å². The van der Waals surface area contributed by atoms with Crippen molar-refractivity contribution in [2.24, 2.45) is 0 Å². The van der Waals surface area contributed by atoms with Crippen LogP contribution >= 0.6 is 11.3 Å². The summed E-state index contributed by atoms with van der Waals surface area (Å²) in [5.41, 5.74) is 17.7. The van der Waals surface area contributed by atoms with Gasteiger partial charge in [-0.1, -0.05) is 125 Å². The van der Waals surface area contributed by atoms with Gasteiger partial charge in [-0.3, -0.25) is 0 Å². The lowest BCUT2D eigenvalue weighted by atomic mass is 9.72. The van der Waals surface area contributed by atoms with Crippen molar-refractivity contribution in [2.75, 3.05) is 4.90 Å².